The van der Waals surface area contributed by atoms with Gasteiger partial charge >= 0.3 is 104 Å². The molecule has 0 aliphatic heterocycles. The van der Waals surface area contributed by atoms with Crippen molar-refractivity contribution in [1.82, 2.24) is 0 Å². The van der Waals surface area contributed by atoms with Crippen molar-refractivity contribution in [2.45, 2.75) is 41.5 Å². The zero-order valence-electron chi connectivity index (χ0n) is 10.2. The quantitative estimate of drug-likeness (QED) is 0.621. The van der Waals surface area contributed by atoms with Crippen molar-refractivity contribution in [2.24, 2.45) is 16.7 Å². The summed E-state index contributed by atoms with van der Waals surface area (Å²) in [6.45, 7) is 13.9. The Morgan fingerprint density at radius 2 is 1.57 bits per heavy atom. The molecule has 0 aromatic heterocycles. The fourth-order valence-electron chi connectivity index (χ4n) is 1.92. The van der Waals surface area contributed by atoms with Crippen LogP contribution in [0.15, 0.2) is 21.0 Å². The Hall–Kier alpha value is 0.363. The maximum atomic E-state index is 2.39. The first kappa shape index (κ1) is 12.4. The van der Waals surface area contributed by atoms with Gasteiger partial charge in [0.05, 0.1) is 0 Å². The molecule has 0 heterocycles. The van der Waals surface area contributed by atoms with Crippen LogP contribution in [0.5, 0.6) is 0 Å². The number of rotatable bonds is 0. The molecule has 0 aromatic rings. The van der Waals surface area contributed by atoms with Gasteiger partial charge in [-0.15, -0.1) is 0 Å². The second-order valence-corrected chi connectivity index (χ2v) is 7.60. The first-order valence-electron chi connectivity index (χ1n) is 5.28. The van der Waals surface area contributed by atoms with Gasteiger partial charge in [0.1, 0.15) is 0 Å². The van der Waals surface area contributed by atoms with Crippen molar-refractivity contribution in [3.63, 3.8) is 0 Å². The molecule has 1 atom stereocenters. The molecule has 0 aromatic carbocycles. The van der Waals surface area contributed by atoms with Crippen LogP contribution in [0.2, 0.25) is 0 Å². The van der Waals surface area contributed by atoms with Crippen LogP contribution < -0.4 is 0 Å². The van der Waals surface area contributed by atoms with Crippen LogP contribution in [-0.4, -0.2) is 0 Å². The summed E-state index contributed by atoms with van der Waals surface area (Å²) in [6, 6.07) is 0. The molecular formula is C13H21Zr. The molecule has 0 fully saturated rings. The molecule has 0 N–H and O–H groups in total. The predicted molar refractivity (Wildman–Crippen MR) is 58.6 cm³/mol. The summed E-state index contributed by atoms with van der Waals surface area (Å²) in [4.78, 5) is 0. The fourth-order valence-corrected chi connectivity index (χ4v) is 4.35. The maximum absolute atomic E-state index is 2.39. The molecule has 0 bridgehead atoms. The summed E-state index contributed by atoms with van der Waals surface area (Å²) in [7, 11) is 0. The Kier molecular flexibility index (Phi) is 3.32. The van der Waals surface area contributed by atoms with Gasteiger partial charge in [-0.1, -0.05) is 0 Å². The predicted octanol–water partition coefficient (Wildman–Crippen LogP) is 4.07. The van der Waals surface area contributed by atoms with E-state index in [1.807, 2.05) is 0 Å². The van der Waals surface area contributed by atoms with Gasteiger partial charge in [-0.05, 0) is 0 Å². The molecular weight excluding hydrogens is 247 g/mol. The van der Waals surface area contributed by atoms with E-state index < -0.39 is 0 Å². The van der Waals surface area contributed by atoms with Crippen LogP contribution >= 0.6 is 0 Å². The van der Waals surface area contributed by atoms with E-state index in [2.05, 4.69) is 53.7 Å². The molecule has 0 saturated heterocycles. The molecule has 0 nitrogen and oxygen atoms in total. The van der Waals surface area contributed by atoms with E-state index in [4.69, 9.17) is 0 Å². The SMILES string of the molecule is CC(C)(C)C1=[C]([Zr])C(C(C)(C)C)C=C1. The average molecular weight is 269 g/mol. The first-order chi connectivity index (χ1) is 6.14. The van der Waals surface area contributed by atoms with E-state index in [0.717, 1.165) is 0 Å². The Labute approximate surface area is 104 Å². The van der Waals surface area contributed by atoms with Gasteiger partial charge in [-0.2, -0.15) is 0 Å². The summed E-state index contributed by atoms with van der Waals surface area (Å²) in [5.41, 5.74) is 2.26. The summed E-state index contributed by atoms with van der Waals surface area (Å²) in [6.07, 6.45) is 4.74. The zero-order valence-corrected chi connectivity index (χ0v) is 12.7. The van der Waals surface area contributed by atoms with E-state index in [1.54, 1.807) is 33.6 Å². The van der Waals surface area contributed by atoms with E-state index >= 15 is 0 Å². The van der Waals surface area contributed by atoms with Crippen molar-refractivity contribution < 1.29 is 24.7 Å². The molecule has 1 heteroatoms. The molecule has 1 aliphatic rings. The Balaban J connectivity index is 3.04. The van der Waals surface area contributed by atoms with Crippen molar-refractivity contribution >= 4 is 0 Å². The second-order valence-electron chi connectivity index (χ2n) is 6.28. The molecule has 1 unspecified atom stereocenters. The van der Waals surface area contributed by atoms with Gasteiger partial charge < -0.3 is 0 Å². The number of hydrogen-bond acceptors (Lipinski definition) is 0. The van der Waals surface area contributed by atoms with Gasteiger partial charge in [0.2, 0.25) is 0 Å². The average Bonchev–Trinajstić information content (AvgIpc) is 2.26. The summed E-state index contributed by atoms with van der Waals surface area (Å²) in [5, 5.41) is 0. The van der Waals surface area contributed by atoms with Gasteiger partial charge in [-0.25, -0.2) is 0 Å². The Bertz CT molecular complexity index is 281. The number of hydrogen-bond donors (Lipinski definition) is 0. The number of allylic oxidation sites excluding steroid dienone is 4. The van der Waals surface area contributed by atoms with Crippen LogP contribution in [0.3, 0.4) is 0 Å². The summed E-state index contributed by atoms with van der Waals surface area (Å²) >= 11 is 1.58. The van der Waals surface area contributed by atoms with E-state index in [1.165, 1.54) is 0 Å². The third-order valence-corrected chi connectivity index (χ3v) is 4.22. The van der Waals surface area contributed by atoms with Crippen molar-refractivity contribution in [2.75, 3.05) is 0 Å². The fraction of sp³-hybridized carbons (Fsp3) is 0.692. The Morgan fingerprint density at radius 3 is 1.79 bits per heavy atom. The molecule has 1 aliphatic carbocycles. The third kappa shape index (κ3) is 2.48. The van der Waals surface area contributed by atoms with Crippen LogP contribution in [0.4, 0.5) is 0 Å². The topological polar surface area (TPSA) is 0 Å². The molecule has 1 rings (SSSR count). The first-order valence-corrected chi connectivity index (χ1v) is 6.51. The summed E-state index contributed by atoms with van der Waals surface area (Å²) < 4.78 is 1.65. The third-order valence-electron chi connectivity index (χ3n) is 2.80. The van der Waals surface area contributed by atoms with Gasteiger partial charge in [0.25, 0.3) is 0 Å². The minimum absolute atomic E-state index is 0.315. The van der Waals surface area contributed by atoms with Crippen LogP contribution in [0.1, 0.15) is 41.5 Å². The monoisotopic (exact) mass is 267 g/mol. The van der Waals surface area contributed by atoms with E-state index in [9.17, 15) is 0 Å². The van der Waals surface area contributed by atoms with Crippen LogP contribution in [0, 0.1) is 16.7 Å². The molecule has 0 saturated carbocycles. The van der Waals surface area contributed by atoms with E-state index in [-0.39, 0.29) is 0 Å². The Morgan fingerprint density at radius 1 is 1.07 bits per heavy atom. The second kappa shape index (κ2) is 3.74. The van der Waals surface area contributed by atoms with Crippen molar-refractivity contribution in [1.29, 1.82) is 0 Å². The standard InChI is InChI=1S/C13H21.Zr/c1-12(2,3)10-7-8-11(9-10)13(4,5)6;/h7-8,10H,1-6H3;. The van der Waals surface area contributed by atoms with Crippen LogP contribution in [-0.2, 0) is 24.7 Å². The molecule has 77 valence electrons. The normalized spacial score (nSPS) is 23.4. The van der Waals surface area contributed by atoms with Crippen LogP contribution in [0.25, 0.3) is 0 Å². The molecule has 0 spiro atoms. The van der Waals surface area contributed by atoms with E-state index in [0.29, 0.717) is 16.7 Å². The van der Waals surface area contributed by atoms with Gasteiger partial charge in [0.15, 0.2) is 0 Å². The van der Waals surface area contributed by atoms with Crippen molar-refractivity contribution in [3.05, 3.63) is 21.0 Å². The van der Waals surface area contributed by atoms with Gasteiger partial charge in [0, 0.05) is 0 Å². The molecule has 0 amide bonds. The molecule has 0 radical (unpaired) electrons. The summed E-state index contributed by atoms with van der Waals surface area (Å²) in [5.74, 6) is 0.662. The minimum atomic E-state index is 0.315. The van der Waals surface area contributed by atoms with Gasteiger partial charge in [-0.3, -0.25) is 0 Å². The van der Waals surface area contributed by atoms with Crippen molar-refractivity contribution in [3.8, 4) is 0 Å². The molecule has 14 heavy (non-hydrogen) atoms. The zero-order chi connectivity index (χ0) is 11.1.